The number of hydrogen-bond donors (Lipinski definition) is 1. The fourth-order valence-electron chi connectivity index (χ4n) is 1.28. The lowest BCUT2D eigenvalue weighted by molar-refractivity contribution is 0.143. The molecule has 0 saturated heterocycles. The van der Waals surface area contributed by atoms with E-state index in [1.807, 2.05) is 6.08 Å². The number of azide groups is 1. The zero-order chi connectivity index (χ0) is 9.68. The first-order chi connectivity index (χ1) is 6.25. The maximum Gasteiger partial charge on any atom is 0.408 e. The monoisotopic (exact) mass is 182 g/mol. The molecule has 0 aromatic carbocycles. The van der Waals surface area contributed by atoms with Gasteiger partial charge in [-0.3, -0.25) is 4.90 Å². The molecule has 0 aromatic heterocycles. The van der Waals surface area contributed by atoms with E-state index in [0.29, 0.717) is 19.5 Å². The third-order valence-electron chi connectivity index (χ3n) is 1.89. The Hall–Kier alpha value is -1.68. The van der Waals surface area contributed by atoms with Crippen molar-refractivity contribution in [2.75, 3.05) is 13.1 Å². The Kier molecular flexibility index (Phi) is 3.16. The summed E-state index contributed by atoms with van der Waals surface area (Å²) in [6.07, 6.45) is 3.24. The largest absolute Gasteiger partial charge is 0.465 e. The predicted octanol–water partition coefficient (Wildman–Crippen LogP) is 1.61. The average molecular weight is 182 g/mol. The summed E-state index contributed by atoms with van der Waals surface area (Å²) in [5.74, 6) is 0. The maximum absolute atomic E-state index is 10.6. The molecule has 6 nitrogen and oxygen atoms in total. The van der Waals surface area contributed by atoms with Crippen LogP contribution >= 0.6 is 0 Å². The molecular formula is C7H10N4O2. The van der Waals surface area contributed by atoms with E-state index >= 15 is 0 Å². The van der Waals surface area contributed by atoms with Gasteiger partial charge in [-0.2, -0.15) is 0 Å². The zero-order valence-electron chi connectivity index (χ0n) is 7.00. The van der Waals surface area contributed by atoms with Crippen LogP contribution in [0.15, 0.2) is 17.3 Å². The summed E-state index contributed by atoms with van der Waals surface area (Å²) in [4.78, 5) is 14.5. The number of carboxylic acid groups (broad SMARTS) is 1. The highest BCUT2D eigenvalue weighted by atomic mass is 16.4. The van der Waals surface area contributed by atoms with Crippen molar-refractivity contribution in [3.8, 4) is 0 Å². The molecule has 1 rings (SSSR count). The summed E-state index contributed by atoms with van der Waals surface area (Å²) in [5.41, 5.74) is 8.03. The summed E-state index contributed by atoms with van der Waals surface area (Å²) in [6.45, 7) is 0.756. The first kappa shape index (κ1) is 9.41. The maximum atomic E-state index is 10.6. The first-order valence-electron chi connectivity index (χ1n) is 3.93. The minimum absolute atomic E-state index is 0.136. The highest BCUT2D eigenvalue weighted by Gasteiger charge is 2.22. The minimum Gasteiger partial charge on any atom is -0.465 e. The molecule has 0 unspecified atom stereocenters. The summed E-state index contributed by atoms with van der Waals surface area (Å²) >= 11 is 0. The van der Waals surface area contributed by atoms with Gasteiger partial charge in [-0.05, 0) is 12.0 Å². The van der Waals surface area contributed by atoms with E-state index in [1.54, 1.807) is 6.08 Å². The molecule has 13 heavy (non-hydrogen) atoms. The molecule has 0 aliphatic carbocycles. The third kappa shape index (κ3) is 2.38. The van der Waals surface area contributed by atoms with Crippen molar-refractivity contribution >= 4 is 6.09 Å². The van der Waals surface area contributed by atoms with Gasteiger partial charge in [0, 0.05) is 18.0 Å². The van der Waals surface area contributed by atoms with Crippen molar-refractivity contribution in [3.05, 3.63) is 22.6 Å². The van der Waals surface area contributed by atoms with Crippen molar-refractivity contribution in [2.24, 2.45) is 5.11 Å². The second-order valence-electron chi connectivity index (χ2n) is 2.67. The third-order valence-corrected chi connectivity index (χ3v) is 1.89. The van der Waals surface area contributed by atoms with Crippen LogP contribution in [0.1, 0.15) is 6.42 Å². The second-order valence-corrected chi connectivity index (χ2v) is 2.67. The van der Waals surface area contributed by atoms with Crippen LogP contribution in [0.3, 0.4) is 0 Å². The lowest BCUT2D eigenvalue weighted by atomic mass is 10.2. The van der Waals surface area contributed by atoms with Crippen LogP contribution in [0.5, 0.6) is 0 Å². The molecule has 1 amide bonds. The van der Waals surface area contributed by atoms with Crippen LogP contribution < -0.4 is 0 Å². The van der Waals surface area contributed by atoms with Gasteiger partial charge in [0.25, 0.3) is 0 Å². The minimum atomic E-state index is -0.934. The zero-order valence-corrected chi connectivity index (χ0v) is 7.00. The fourth-order valence-corrected chi connectivity index (χ4v) is 1.28. The number of carbonyl (C=O) groups is 1. The molecule has 1 N–H and O–H groups in total. The van der Waals surface area contributed by atoms with Gasteiger partial charge in [-0.15, -0.1) is 0 Å². The van der Waals surface area contributed by atoms with Crippen LogP contribution in [0, 0.1) is 0 Å². The standard InChI is InChI=1S/C7H10N4O2/c8-10-9-4-3-6-2-1-5-11(6)7(12)13/h1-2,6H,3-5H2,(H,12,13)/t6-/m0/s1. The molecule has 70 valence electrons. The molecule has 1 atom stereocenters. The molecule has 0 aromatic rings. The second kappa shape index (κ2) is 4.37. The summed E-state index contributed by atoms with van der Waals surface area (Å²) in [5, 5.41) is 12.1. The normalized spacial score (nSPS) is 20.0. The van der Waals surface area contributed by atoms with E-state index < -0.39 is 6.09 Å². The smallest absolute Gasteiger partial charge is 0.408 e. The van der Waals surface area contributed by atoms with Crippen LogP contribution in [0.2, 0.25) is 0 Å². The van der Waals surface area contributed by atoms with Crippen LogP contribution in [0.4, 0.5) is 4.79 Å². The first-order valence-corrected chi connectivity index (χ1v) is 3.93. The molecule has 1 aliphatic rings. The highest BCUT2D eigenvalue weighted by Crippen LogP contribution is 2.13. The van der Waals surface area contributed by atoms with Crippen molar-refractivity contribution in [1.82, 2.24) is 4.90 Å². The summed E-state index contributed by atoms with van der Waals surface area (Å²) in [7, 11) is 0. The molecule has 1 aliphatic heterocycles. The summed E-state index contributed by atoms with van der Waals surface area (Å²) < 4.78 is 0. The molecule has 0 saturated carbocycles. The SMILES string of the molecule is [N-]=[N+]=NCC[C@@H]1C=CCN1C(=O)O. The van der Waals surface area contributed by atoms with E-state index in [2.05, 4.69) is 10.0 Å². The fraction of sp³-hybridized carbons (Fsp3) is 0.571. The van der Waals surface area contributed by atoms with Gasteiger partial charge in [-0.25, -0.2) is 4.79 Å². The Bertz CT molecular complexity index is 270. The number of amides is 1. The highest BCUT2D eigenvalue weighted by molar-refractivity contribution is 5.66. The van der Waals surface area contributed by atoms with Crippen molar-refractivity contribution < 1.29 is 9.90 Å². The van der Waals surface area contributed by atoms with Gasteiger partial charge in [0.05, 0.1) is 6.04 Å². The van der Waals surface area contributed by atoms with E-state index in [-0.39, 0.29) is 6.04 Å². The van der Waals surface area contributed by atoms with E-state index in [1.165, 1.54) is 4.90 Å². The van der Waals surface area contributed by atoms with Gasteiger partial charge in [0.1, 0.15) is 0 Å². The van der Waals surface area contributed by atoms with Gasteiger partial charge < -0.3 is 5.11 Å². The molecule has 0 fully saturated rings. The molecule has 0 bridgehead atoms. The van der Waals surface area contributed by atoms with Crippen molar-refractivity contribution in [1.29, 1.82) is 0 Å². The molecule has 6 heteroatoms. The van der Waals surface area contributed by atoms with Gasteiger partial charge >= 0.3 is 6.09 Å². The van der Waals surface area contributed by atoms with E-state index in [0.717, 1.165) is 0 Å². The van der Waals surface area contributed by atoms with Crippen molar-refractivity contribution in [3.63, 3.8) is 0 Å². The van der Waals surface area contributed by atoms with Gasteiger partial charge in [0.15, 0.2) is 0 Å². The lowest BCUT2D eigenvalue weighted by Gasteiger charge is -2.20. The Morgan fingerprint density at radius 3 is 3.23 bits per heavy atom. The van der Waals surface area contributed by atoms with Crippen LogP contribution in [0.25, 0.3) is 10.4 Å². The Morgan fingerprint density at radius 2 is 2.62 bits per heavy atom. The Balaban J connectivity index is 2.43. The van der Waals surface area contributed by atoms with Gasteiger partial charge in [0.2, 0.25) is 0 Å². The van der Waals surface area contributed by atoms with Gasteiger partial charge in [-0.1, -0.05) is 17.3 Å². The average Bonchev–Trinajstić information content (AvgIpc) is 2.53. The molecule has 1 heterocycles. The molecule has 0 radical (unpaired) electrons. The van der Waals surface area contributed by atoms with E-state index in [4.69, 9.17) is 10.6 Å². The topological polar surface area (TPSA) is 89.3 Å². The molecular weight excluding hydrogens is 172 g/mol. The van der Waals surface area contributed by atoms with Crippen LogP contribution in [-0.2, 0) is 0 Å². The lowest BCUT2D eigenvalue weighted by Crippen LogP contribution is -2.35. The molecule has 0 spiro atoms. The predicted molar refractivity (Wildman–Crippen MR) is 46.3 cm³/mol. The number of nitrogens with zero attached hydrogens (tertiary/aromatic N) is 4. The van der Waals surface area contributed by atoms with Crippen molar-refractivity contribution in [2.45, 2.75) is 12.5 Å². The van der Waals surface area contributed by atoms with E-state index in [9.17, 15) is 4.79 Å². The Morgan fingerprint density at radius 1 is 1.85 bits per heavy atom. The number of rotatable bonds is 3. The number of hydrogen-bond acceptors (Lipinski definition) is 2. The summed E-state index contributed by atoms with van der Waals surface area (Å²) in [6, 6.07) is -0.136. The van der Waals surface area contributed by atoms with Crippen LogP contribution in [-0.4, -0.2) is 35.2 Å². The quantitative estimate of drug-likeness (QED) is 0.311. The Labute approximate surface area is 75.1 Å².